The summed E-state index contributed by atoms with van der Waals surface area (Å²) < 4.78 is 7.40. The number of para-hydroxylation sites is 1. The van der Waals surface area contributed by atoms with Gasteiger partial charge in [0.25, 0.3) is 5.91 Å². The van der Waals surface area contributed by atoms with Gasteiger partial charge in [0.1, 0.15) is 5.58 Å². The fourth-order valence-corrected chi connectivity index (χ4v) is 3.10. The van der Waals surface area contributed by atoms with E-state index in [9.17, 15) is 4.79 Å². The molecule has 1 aliphatic rings. The first kappa shape index (κ1) is 13.9. The summed E-state index contributed by atoms with van der Waals surface area (Å²) in [6.45, 7) is 0.291. The first-order valence-electron chi connectivity index (χ1n) is 7.85. The molecule has 4 rings (SSSR count). The number of tetrazole rings is 1. The van der Waals surface area contributed by atoms with Gasteiger partial charge in [-0.15, -0.1) is 5.10 Å². The van der Waals surface area contributed by atoms with Crippen LogP contribution in [0.4, 0.5) is 0 Å². The van der Waals surface area contributed by atoms with Gasteiger partial charge in [-0.3, -0.25) is 4.79 Å². The molecule has 1 amide bonds. The van der Waals surface area contributed by atoms with Crippen molar-refractivity contribution in [2.45, 2.75) is 38.3 Å². The molecule has 2 aromatic heterocycles. The molecule has 1 aliphatic carbocycles. The number of amides is 1. The third-order valence-corrected chi connectivity index (χ3v) is 4.29. The molecule has 0 spiro atoms. The Hall–Kier alpha value is -2.70. The predicted octanol–water partition coefficient (Wildman–Crippen LogP) is 2.46. The summed E-state index contributed by atoms with van der Waals surface area (Å²) in [5.74, 6) is 0.717. The Morgan fingerprint density at radius 2 is 2.13 bits per heavy atom. The van der Waals surface area contributed by atoms with E-state index in [1.54, 1.807) is 6.07 Å². The minimum atomic E-state index is -0.262. The molecule has 1 saturated carbocycles. The van der Waals surface area contributed by atoms with Crippen LogP contribution in [0.1, 0.15) is 48.1 Å². The molecule has 0 aliphatic heterocycles. The van der Waals surface area contributed by atoms with Crippen molar-refractivity contribution in [3.05, 3.63) is 41.9 Å². The lowest BCUT2D eigenvalue weighted by Crippen LogP contribution is -2.25. The molecule has 7 heteroatoms. The number of furan rings is 1. The number of nitrogens with zero attached hydrogens (tertiary/aromatic N) is 4. The fraction of sp³-hybridized carbons (Fsp3) is 0.375. The molecule has 0 unspecified atom stereocenters. The van der Waals surface area contributed by atoms with Crippen LogP contribution in [0.2, 0.25) is 0 Å². The first-order valence-corrected chi connectivity index (χ1v) is 7.85. The van der Waals surface area contributed by atoms with Gasteiger partial charge < -0.3 is 9.73 Å². The summed E-state index contributed by atoms with van der Waals surface area (Å²) in [6.07, 6.45) is 4.59. The molecule has 0 radical (unpaired) electrons. The maximum atomic E-state index is 12.3. The Bertz CT molecular complexity index is 799. The minimum absolute atomic E-state index is 0.262. The number of hydrogen-bond donors (Lipinski definition) is 1. The van der Waals surface area contributed by atoms with Crippen LogP contribution in [0, 0.1) is 0 Å². The Labute approximate surface area is 132 Å². The second kappa shape index (κ2) is 5.83. The molecule has 1 aromatic carbocycles. The zero-order valence-electron chi connectivity index (χ0n) is 12.6. The van der Waals surface area contributed by atoms with Crippen molar-refractivity contribution in [1.82, 2.24) is 25.5 Å². The molecule has 3 aromatic rings. The van der Waals surface area contributed by atoms with Gasteiger partial charge in [-0.25, -0.2) is 4.68 Å². The zero-order chi connectivity index (χ0) is 15.6. The van der Waals surface area contributed by atoms with E-state index in [0.717, 1.165) is 18.2 Å². The number of nitrogens with one attached hydrogen (secondary N) is 1. The third kappa shape index (κ3) is 2.69. The maximum absolute atomic E-state index is 12.3. The number of rotatable bonds is 4. The molecule has 2 heterocycles. The lowest BCUT2D eigenvalue weighted by atomic mass is 10.2. The Kier molecular flexibility index (Phi) is 3.53. The van der Waals surface area contributed by atoms with Crippen LogP contribution in [0.3, 0.4) is 0 Å². The van der Waals surface area contributed by atoms with Gasteiger partial charge in [0.2, 0.25) is 0 Å². The van der Waals surface area contributed by atoms with Crippen molar-refractivity contribution in [3.8, 4) is 0 Å². The average molecular weight is 311 g/mol. The molecule has 1 N–H and O–H groups in total. The van der Waals surface area contributed by atoms with E-state index >= 15 is 0 Å². The van der Waals surface area contributed by atoms with Crippen molar-refractivity contribution < 1.29 is 9.21 Å². The molecule has 118 valence electrons. The van der Waals surface area contributed by atoms with Crippen LogP contribution in [-0.4, -0.2) is 26.1 Å². The third-order valence-electron chi connectivity index (χ3n) is 4.29. The van der Waals surface area contributed by atoms with Gasteiger partial charge in [0, 0.05) is 5.39 Å². The smallest absolute Gasteiger partial charge is 0.287 e. The van der Waals surface area contributed by atoms with Crippen molar-refractivity contribution in [2.24, 2.45) is 0 Å². The molecular formula is C16H17N5O2. The minimum Gasteiger partial charge on any atom is -0.451 e. The summed E-state index contributed by atoms with van der Waals surface area (Å²) in [6, 6.07) is 9.63. The van der Waals surface area contributed by atoms with Gasteiger partial charge in [-0.05, 0) is 35.4 Å². The van der Waals surface area contributed by atoms with Gasteiger partial charge in [-0.1, -0.05) is 31.0 Å². The molecule has 23 heavy (non-hydrogen) atoms. The van der Waals surface area contributed by atoms with Crippen LogP contribution in [0.25, 0.3) is 11.0 Å². The van der Waals surface area contributed by atoms with Crippen LogP contribution >= 0.6 is 0 Å². The number of hydrogen-bond acceptors (Lipinski definition) is 5. The Morgan fingerprint density at radius 3 is 2.96 bits per heavy atom. The van der Waals surface area contributed by atoms with E-state index < -0.39 is 0 Å². The number of carbonyl (C=O) groups excluding carboxylic acids is 1. The zero-order valence-corrected chi connectivity index (χ0v) is 12.6. The lowest BCUT2D eigenvalue weighted by Gasteiger charge is -2.11. The lowest BCUT2D eigenvalue weighted by molar-refractivity contribution is 0.0923. The van der Waals surface area contributed by atoms with Crippen LogP contribution in [0.5, 0.6) is 0 Å². The summed E-state index contributed by atoms with van der Waals surface area (Å²) in [4.78, 5) is 12.3. The monoisotopic (exact) mass is 311 g/mol. The summed E-state index contributed by atoms with van der Waals surface area (Å²) in [7, 11) is 0. The second-order valence-corrected chi connectivity index (χ2v) is 5.81. The largest absolute Gasteiger partial charge is 0.451 e. The van der Waals surface area contributed by atoms with E-state index in [2.05, 4.69) is 20.8 Å². The Morgan fingerprint density at radius 1 is 1.30 bits per heavy atom. The number of carbonyl (C=O) groups is 1. The second-order valence-electron chi connectivity index (χ2n) is 5.81. The number of benzene rings is 1. The number of fused-ring (bicyclic) bond motifs is 1. The van der Waals surface area contributed by atoms with Crippen LogP contribution in [0.15, 0.2) is 34.7 Å². The highest BCUT2D eigenvalue weighted by Crippen LogP contribution is 2.29. The van der Waals surface area contributed by atoms with Crippen molar-refractivity contribution in [1.29, 1.82) is 0 Å². The van der Waals surface area contributed by atoms with Crippen molar-refractivity contribution >= 4 is 16.9 Å². The average Bonchev–Trinajstić information content (AvgIpc) is 3.30. The highest BCUT2D eigenvalue weighted by molar-refractivity contribution is 5.95. The SMILES string of the molecule is O=C(NCc1nnnn1C1CCCC1)c1cc2ccccc2o1. The molecule has 0 atom stereocenters. The highest BCUT2D eigenvalue weighted by Gasteiger charge is 2.22. The fourth-order valence-electron chi connectivity index (χ4n) is 3.10. The van der Waals surface area contributed by atoms with Gasteiger partial charge in [-0.2, -0.15) is 0 Å². The highest BCUT2D eigenvalue weighted by atomic mass is 16.3. The normalized spacial score (nSPS) is 15.3. The molecule has 1 fully saturated rings. The van der Waals surface area contributed by atoms with Crippen molar-refractivity contribution in [3.63, 3.8) is 0 Å². The summed E-state index contributed by atoms with van der Waals surface area (Å²) >= 11 is 0. The topological polar surface area (TPSA) is 85.8 Å². The standard InChI is InChI=1S/C16H17N5O2/c22-16(14-9-11-5-1-4-8-13(11)23-14)17-10-15-18-19-20-21(15)12-6-2-3-7-12/h1,4-5,8-9,12H,2-3,6-7,10H2,(H,17,22). The van der Waals surface area contributed by atoms with E-state index in [-0.39, 0.29) is 5.91 Å². The predicted molar refractivity (Wildman–Crippen MR) is 82.7 cm³/mol. The quantitative estimate of drug-likeness (QED) is 0.800. The van der Waals surface area contributed by atoms with E-state index in [0.29, 0.717) is 29.8 Å². The van der Waals surface area contributed by atoms with Gasteiger partial charge in [0.15, 0.2) is 11.6 Å². The van der Waals surface area contributed by atoms with Crippen LogP contribution < -0.4 is 5.32 Å². The van der Waals surface area contributed by atoms with Crippen molar-refractivity contribution in [2.75, 3.05) is 0 Å². The van der Waals surface area contributed by atoms with E-state index in [1.807, 2.05) is 28.9 Å². The first-order chi connectivity index (χ1) is 11.3. The van der Waals surface area contributed by atoms with E-state index in [1.165, 1.54) is 12.8 Å². The van der Waals surface area contributed by atoms with E-state index in [4.69, 9.17) is 4.42 Å². The number of aromatic nitrogens is 4. The summed E-state index contributed by atoms with van der Waals surface area (Å²) in [5.41, 5.74) is 0.702. The van der Waals surface area contributed by atoms with Gasteiger partial charge in [0.05, 0.1) is 12.6 Å². The summed E-state index contributed by atoms with van der Waals surface area (Å²) in [5, 5.41) is 15.6. The molecule has 0 saturated heterocycles. The van der Waals surface area contributed by atoms with Gasteiger partial charge >= 0.3 is 0 Å². The van der Waals surface area contributed by atoms with Crippen LogP contribution in [-0.2, 0) is 6.54 Å². The molecule has 7 nitrogen and oxygen atoms in total. The molecular weight excluding hydrogens is 294 g/mol. The maximum Gasteiger partial charge on any atom is 0.287 e. The Balaban J connectivity index is 1.46. The molecule has 0 bridgehead atoms.